The topological polar surface area (TPSA) is 48.1 Å². The van der Waals surface area contributed by atoms with E-state index in [1.54, 1.807) is 11.3 Å². The summed E-state index contributed by atoms with van der Waals surface area (Å²) in [6, 6.07) is 8.14. The van der Waals surface area contributed by atoms with Gasteiger partial charge in [0.15, 0.2) is 0 Å². The van der Waals surface area contributed by atoms with Crippen molar-refractivity contribution >= 4 is 11.3 Å². The Hall–Kier alpha value is -1.39. The lowest BCUT2D eigenvalue weighted by Gasteiger charge is -2.12. The highest BCUT2D eigenvalue weighted by Crippen LogP contribution is 2.26. The van der Waals surface area contributed by atoms with Crippen molar-refractivity contribution in [2.45, 2.75) is 32.9 Å². The Bertz CT molecular complexity index is 508. The Kier molecular flexibility index (Phi) is 4.33. The van der Waals surface area contributed by atoms with E-state index in [-0.39, 0.29) is 0 Å². The summed E-state index contributed by atoms with van der Waals surface area (Å²) in [7, 11) is 0. The van der Waals surface area contributed by atoms with Gasteiger partial charge < -0.3 is 10.5 Å². The summed E-state index contributed by atoms with van der Waals surface area (Å²) >= 11 is 1.58. The highest BCUT2D eigenvalue weighted by molar-refractivity contribution is 7.09. The predicted molar refractivity (Wildman–Crippen MR) is 74.9 cm³/mol. The van der Waals surface area contributed by atoms with Gasteiger partial charge in [0.2, 0.25) is 0 Å². The van der Waals surface area contributed by atoms with E-state index in [9.17, 15) is 0 Å². The number of rotatable bonds is 5. The minimum Gasteiger partial charge on any atom is -0.487 e. The number of hydrogen-bond donors (Lipinski definition) is 1. The summed E-state index contributed by atoms with van der Waals surface area (Å²) in [5, 5.41) is 2.95. The van der Waals surface area contributed by atoms with Crippen molar-refractivity contribution in [1.29, 1.82) is 0 Å². The zero-order valence-corrected chi connectivity index (χ0v) is 11.5. The van der Waals surface area contributed by atoms with Crippen LogP contribution in [0.4, 0.5) is 0 Å². The standard InChI is InChI=1S/C14H18N2OS/c1-10(2)12-5-3-4-6-13(12)17-8-11-9-18-14(7-15)16-11/h3-6,9-10H,7-8,15H2,1-2H3. The van der Waals surface area contributed by atoms with E-state index in [4.69, 9.17) is 10.5 Å². The maximum Gasteiger partial charge on any atom is 0.131 e. The van der Waals surface area contributed by atoms with Crippen LogP contribution in [0.1, 0.15) is 36.0 Å². The van der Waals surface area contributed by atoms with Gasteiger partial charge in [0.25, 0.3) is 0 Å². The molecule has 0 amide bonds. The molecular formula is C14H18N2OS. The number of para-hydroxylation sites is 1. The van der Waals surface area contributed by atoms with Crippen molar-refractivity contribution in [3.8, 4) is 5.75 Å². The Labute approximate surface area is 112 Å². The van der Waals surface area contributed by atoms with Gasteiger partial charge in [-0.1, -0.05) is 32.0 Å². The van der Waals surface area contributed by atoms with Crippen LogP contribution in [0.5, 0.6) is 5.75 Å². The number of benzene rings is 1. The first-order chi connectivity index (χ1) is 8.70. The minimum absolute atomic E-state index is 0.455. The van der Waals surface area contributed by atoms with Crippen LogP contribution in [0.2, 0.25) is 0 Å². The molecule has 96 valence electrons. The molecule has 1 aromatic heterocycles. The van der Waals surface area contributed by atoms with Gasteiger partial charge in [-0.2, -0.15) is 0 Å². The summed E-state index contributed by atoms with van der Waals surface area (Å²) in [5.74, 6) is 1.39. The molecule has 0 spiro atoms. The molecule has 18 heavy (non-hydrogen) atoms. The van der Waals surface area contributed by atoms with Crippen LogP contribution >= 0.6 is 11.3 Å². The van der Waals surface area contributed by atoms with E-state index in [2.05, 4.69) is 24.9 Å². The molecule has 3 nitrogen and oxygen atoms in total. The molecule has 2 N–H and O–H groups in total. The quantitative estimate of drug-likeness (QED) is 0.899. The third-order valence-corrected chi connectivity index (χ3v) is 3.61. The Morgan fingerprint density at radius 1 is 1.33 bits per heavy atom. The molecule has 0 unspecified atom stereocenters. The molecule has 2 rings (SSSR count). The van der Waals surface area contributed by atoms with Crippen LogP contribution in [-0.4, -0.2) is 4.98 Å². The zero-order chi connectivity index (χ0) is 13.0. The SMILES string of the molecule is CC(C)c1ccccc1OCc1csc(CN)n1. The summed E-state index contributed by atoms with van der Waals surface area (Å²) in [6.45, 7) is 5.32. The molecule has 0 atom stereocenters. The van der Waals surface area contributed by atoms with Gasteiger partial charge >= 0.3 is 0 Å². The van der Waals surface area contributed by atoms with Crippen LogP contribution in [0.15, 0.2) is 29.6 Å². The average molecular weight is 262 g/mol. The number of nitrogens with two attached hydrogens (primary N) is 1. The van der Waals surface area contributed by atoms with Crippen LogP contribution in [0.3, 0.4) is 0 Å². The van der Waals surface area contributed by atoms with Gasteiger partial charge in [0, 0.05) is 11.9 Å². The highest BCUT2D eigenvalue weighted by Gasteiger charge is 2.08. The van der Waals surface area contributed by atoms with E-state index in [0.29, 0.717) is 19.1 Å². The Morgan fingerprint density at radius 3 is 2.78 bits per heavy atom. The van der Waals surface area contributed by atoms with Crippen molar-refractivity contribution in [3.05, 3.63) is 45.9 Å². The number of nitrogens with zero attached hydrogens (tertiary/aromatic N) is 1. The molecule has 1 heterocycles. The normalized spacial score (nSPS) is 10.9. The number of ether oxygens (including phenoxy) is 1. The molecule has 0 saturated heterocycles. The van der Waals surface area contributed by atoms with Crippen LogP contribution in [-0.2, 0) is 13.2 Å². The molecule has 0 aliphatic carbocycles. The lowest BCUT2D eigenvalue weighted by molar-refractivity contribution is 0.297. The molecule has 0 bridgehead atoms. The largest absolute Gasteiger partial charge is 0.487 e. The van der Waals surface area contributed by atoms with Crippen LogP contribution in [0.25, 0.3) is 0 Å². The van der Waals surface area contributed by atoms with Gasteiger partial charge in [-0.15, -0.1) is 11.3 Å². The number of thiazole rings is 1. The van der Waals surface area contributed by atoms with Crippen molar-refractivity contribution in [2.75, 3.05) is 0 Å². The fourth-order valence-corrected chi connectivity index (χ4v) is 2.41. The lowest BCUT2D eigenvalue weighted by Crippen LogP contribution is -2.01. The monoisotopic (exact) mass is 262 g/mol. The second-order valence-corrected chi connectivity index (χ2v) is 5.36. The third kappa shape index (κ3) is 3.09. The van der Waals surface area contributed by atoms with Gasteiger partial charge in [-0.3, -0.25) is 0 Å². The first-order valence-electron chi connectivity index (χ1n) is 6.05. The van der Waals surface area contributed by atoms with Gasteiger partial charge in [-0.25, -0.2) is 4.98 Å². The Morgan fingerprint density at radius 2 is 2.11 bits per heavy atom. The molecule has 0 aliphatic heterocycles. The summed E-state index contributed by atoms with van der Waals surface area (Å²) < 4.78 is 5.85. The maximum absolute atomic E-state index is 5.85. The zero-order valence-electron chi connectivity index (χ0n) is 10.7. The minimum atomic E-state index is 0.455. The fourth-order valence-electron chi connectivity index (χ4n) is 1.75. The molecule has 4 heteroatoms. The fraction of sp³-hybridized carbons (Fsp3) is 0.357. The summed E-state index contributed by atoms with van der Waals surface area (Å²) in [6.07, 6.45) is 0. The molecule has 0 radical (unpaired) electrons. The third-order valence-electron chi connectivity index (χ3n) is 2.69. The van der Waals surface area contributed by atoms with Crippen molar-refractivity contribution < 1.29 is 4.74 Å². The van der Waals surface area contributed by atoms with E-state index in [0.717, 1.165) is 16.5 Å². The number of hydrogen-bond acceptors (Lipinski definition) is 4. The molecular weight excluding hydrogens is 244 g/mol. The van der Waals surface area contributed by atoms with E-state index < -0.39 is 0 Å². The maximum atomic E-state index is 5.85. The van der Waals surface area contributed by atoms with Crippen molar-refractivity contribution in [1.82, 2.24) is 4.98 Å². The summed E-state index contributed by atoms with van der Waals surface area (Å²) in [4.78, 5) is 4.39. The van der Waals surface area contributed by atoms with Crippen LogP contribution < -0.4 is 10.5 Å². The van der Waals surface area contributed by atoms with E-state index in [1.807, 2.05) is 23.6 Å². The summed E-state index contributed by atoms with van der Waals surface area (Å²) in [5.41, 5.74) is 7.71. The van der Waals surface area contributed by atoms with E-state index >= 15 is 0 Å². The van der Waals surface area contributed by atoms with Crippen LogP contribution in [0, 0.1) is 0 Å². The molecule has 0 fully saturated rings. The Balaban J connectivity index is 2.05. The van der Waals surface area contributed by atoms with Gasteiger partial charge in [0.1, 0.15) is 17.4 Å². The lowest BCUT2D eigenvalue weighted by atomic mass is 10.0. The van der Waals surface area contributed by atoms with E-state index in [1.165, 1.54) is 5.56 Å². The second kappa shape index (κ2) is 5.98. The van der Waals surface area contributed by atoms with Crippen molar-refractivity contribution in [3.63, 3.8) is 0 Å². The molecule has 1 aromatic carbocycles. The second-order valence-electron chi connectivity index (χ2n) is 4.42. The predicted octanol–water partition coefficient (Wildman–Crippen LogP) is 3.30. The van der Waals surface area contributed by atoms with Crippen molar-refractivity contribution in [2.24, 2.45) is 5.73 Å². The van der Waals surface area contributed by atoms with Gasteiger partial charge in [0.05, 0.1) is 5.69 Å². The molecule has 2 aromatic rings. The first kappa shape index (κ1) is 13.1. The smallest absolute Gasteiger partial charge is 0.131 e. The molecule has 0 aliphatic rings. The highest BCUT2D eigenvalue weighted by atomic mass is 32.1. The number of aromatic nitrogens is 1. The van der Waals surface area contributed by atoms with Gasteiger partial charge in [-0.05, 0) is 17.5 Å². The molecule has 0 saturated carbocycles. The first-order valence-corrected chi connectivity index (χ1v) is 6.93. The average Bonchev–Trinajstić information content (AvgIpc) is 2.84.